The lowest BCUT2D eigenvalue weighted by Gasteiger charge is -2.06. The van der Waals surface area contributed by atoms with Gasteiger partial charge in [0, 0.05) is 17.7 Å². The van der Waals surface area contributed by atoms with E-state index in [2.05, 4.69) is 0 Å². The summed E-state index contributed by atoms with van der Waals surface area (Å²) in [6, 6.07) is 11.7. The Balaban J connectivity index is 2.17. The molecule has 0 saturated carbocycles. The number of benzene rings is 2. The molecule has 0 bridgehead atoms. The number of nitro benzene ring substituents is 1. The summed E-state index contributed by atoms with van der Waals surface area (Å²) < 4.78 is 5.46. The number of ether oxygens (including phenoxy) is 1. The van der Waals surface area contributed by atoms with Crippen LogP contribution in [0.25, 0.3) is 0 Å². The average Bonchev–Trinajstić information content (AvgIpc) is 2.47. The highest BCUT2D eigenvalue weighted by Gasteiger charge is 2.07. The number of rotatable bonds is 4. The highest BCUT2D eigenvalue weighted by molar-refractivity contribution is 5.93. The molecule has 7 nitrogen and oxygen atoms in total. The Morgan fingerprint density at radius 3 is 2.45 bits per heavy atom. The summed E-state index contributed by atoms with van der Waals surface area (Å²) in [6.07, 6.45) is 0. The van der Waals surface area contributed by atoms with Gasteiger partial charge in [-0.05, 0) is 30.3 Å². The Morgan fingerprint density at radius 2 is 1.85 bits per heavy atom. The van der Waals surface area contributed by atoms with E-state index in [4.69, 9.17) is 9.94 Å². The van der Waals surface area contributed by atoms with Crippen LogP contribution in [0.4, 0.5) is 5.69 Å². The van der Waals surface area contributed by atoms with Gasteiger partial charge in [0.05, 0.1) is 4.92 Å². The maximum atomic E-state index is 11.2. The van der Waals surface area contributed by atoms with Crippen molar-refractivity contribution >= 4 is 11.6 Å². The number of nitrogens with one attached hydrogen (secondary N) is 1. The van der Waals surface area contributed by atoms with Crippen LogP contribution in [0.2, 0.25) is 0 Å². The topological polar surface area (TPSA) is 102 Å². The van der Waals surface area contributed by atoms with E-state index in [0.717, 1.165) is 0 Å². The second-order valence-corrected chi connectivity index (χ2v) is 3.82. The van der Waals surface area contributed by atoms with Crippen molar-refractivity contribution in [2.75, 3.05) is 0 Å². The first-order valence-corrected chi connectivity index (χ1v) is 5.57. The number of nitro groups is 1. The minimum atomic E-state index is -0.654. The van der Waals surface area contributed by atoms with Crippen molar-refractivity contribution in [1.82, 2.24) is 5.48 Å². The molecule has 0 unspecified atom stereocenters. The van der Waals surface area contributed by atoms with Gasteiger partial charge in [-0.1, -0.05) is 6.07 Å². The minimum Gasteiger partial charge on any atom is -0.457 e. The van der Waals surface area contributed by atoms with Gasteiger partial charge in [-0.2, -0.15) is 0 Å². The summed E-state index contributed by atoms with van der Waals surface area (Å²) in [5.74, 6) is 0.122. The van der Waals surface area contributed by atoms with Crippen LogP contribution >= 0.6 is 0 Å². The van der Waals surface area contributed by atoms with Gasteiger partial charge in [0.2, 0.25) is 0 Å². The normalized spacial score (nSPS) is 9.85. The predicted octanol–water partition coefficient (Wildman–Crippen LogP) is 2.51. The van der Waals surface area contributed by atoms with Gasteiger partial charge in [0.1, 0.15) is 11.5 Å². The second kappa shape index (κ2) is 5.81. The molecule has 20 heavy (non-hydrogen) atoms. The highest BCUT2D eigenvalue weighted by atomic mass is 16.6. The SMILES string of the molecule is O=C(NO)c1cccc(Oc2ccc([N+](=O)[O-])cc2)c1. The van der Waals surface area contributed by atoms with E-state index in [9.17, 15) is 14.9 Å². The van der Waals surface area contributed by atoms with Gasteiger partial charge in [-0.25, -0.2) is 5.48 Å². The number of hydrogen-bond acceptors (Lipinski definition) is 5. The van der Waals surface area contributed by atoms with Gasteiger partial charge in [0.25, 0.3) is 11.6 Å². The smallest absolute Gasteiger partial charge is 0.274 e. The summed E-state index contributed by atoms with van der Waals surface area (Å²) in [5, 5.41) is 19.1. The number of carbonyl (C=O) groups excluding carboxylic acids is 1. The molecule has 0 heterocycles. The molecule has 0 fully saturated rings. The van der Waals surface area contributed by atoms with Crippen LogP contribution in [0.3, 0.4) is 0 Å². The number of hydrogen-bond donors (Lipinski definition) is 2. The second-order valence-electron chi connectivity index (χ2n) is 3.82. The highest BCUT2D eigenvalue weighted by Crippen LogP contribution is 2.24. The zero-order valence-corrected chi connectivity index (χ0v) is 10.1. The van der Waals surface area contributed by atoms with Crippen LogP contribution in [-0.4, -0.2) is 16.0 Å². The molecule has 2 rings (SSSR count). The Bertz CT molecular complexity index is 639. The molecule has 0 spiro atoms. The Kier molecular flexibility index (Phi) is 3.92. The van der Waals surface area contributed by atoms with Crippen molar-refractivity contribution in [3.8, 4) is 11.5 Å². The van der Waals surface area contributed by atoms with Crippen LogP contribution in [0.1, 0.15) is 10.4 Å². The van der Waals surface area contributed by atoms with Crippen molar-refractivity contribution in [3.63, 3.8) is 0 Å². The van der Waals surface area contributed by atoms with Crippen LogP contribution in [0.15, 0.2) is 48.5 Å². The van der Waals surface area contributed by atoms with Gasteiger partial charge >= 0.3 is 0 Å². The molecule has 1 amide bonds. The maximum absolute atomic E-state index is 11.2. The van der Waals surface area contributed by atoms with Crippen molar-refractivity contribution in [2.24, 2.45) is 0 Å². The van der Waals surface area contributed by atoms with Crippen LogP contribution < -0.4 is 10.2 Å². The van der Waals surface area contributed by atoms with E-state index in [1.165, 1.54) is 41.9 Å². The van der Waals surface area contributed by atoms with Gasteiger partial charge in [0.15, 0.2) is 0 Å². The van der Waals surface area contributed by atoms with E-state index in [-0.39, 0.29) is 11.3 Å². The molecule has 0 aliphatic heterocycles. The molecule has 0 atom stereocenters. The minimum absolute atomic E-state index is 0.0363. The van der Waals surface area contributed by atoms with Gasteiger partial charge in [-0.15, -0.1) is 0 Å². The summed E-state index contributed by atoms with van der Waals surface area (Å²) in [5.41, 5.74) is 1.72. The Hall–Kier alpha value is -2.93. The summed E-state index contributed by atoms with van der Waals surface area (Å²) >= 11 is 0. The molecule has 2 aromatic rings. The molecule has 0 saturated heterocycles. The first kappa shape index (κ1) is 13.5. The van der Waals surface area contributed by atoms with Crippen molar-refractivity contribution < 1.29 is 19.7 Å². The summed E-state index contributed by atoms with van der Waals surface area (Å²) in [4.78, 5) is 21.3. The molecule has 0 aliphatic rings. The molecular formula is C13H10N2O5. The third-order valence-corrected chi connectivity index (χ3v) is 2.48. The standard InChI is InChI=1S/C13H10N2O5/c16-13(14-17)9-2-1-3-12(8-9)20-11-6-4-10(5-7-11)15(18)19/h1-8,17H,(H,14,16). The number of amides is 1. The third-order valence-electron chi connectivity index (χ3n) is 2.48. The number of nitrogens with zero attached hydrogens (tertiary/aromatic N) is 1. The first-order chi connectivity index (χ1) is 9.60. The summed E-state index contributed by atoms with van der Waals surface area (Å²) in [7, 11) is 0. The predicted molar refractivity (Wildman–Crippen MR) is 68.9 cm³/mol. The monoisotopic (exact) mass is 274 g/mol. The van der Waals surface area contributed by atoms with Crippen molar-refractivity contribution in [3.05, 3.63) is 64.2 Å². The molecule has 2 aromatic carbocycles. The summed E-state index contributed by atoms with van der Waals surface area (Å²) in [6.45, 7) is 0. The van der Waals surface area contributed by atoms with Crippen molar-refractivity contribution in [1.29, 1.82) is 0 Å². The van der Waals surface area contributed by atoms with Crippen LogP contribution in [0.5, 0.6) is 11.5 Å². The Labute approximate surface area is 113 Å². The van der Waals surface area contributed by atoms with Crippen LogP contribution in [0, 0.1) is 10.1 Å². The van der Waals surface area contributed by atoms with E-state index < -0.39 is 10.8 Å². The van der Waals surface area contributed by atoms with Gasteiger partial charge in [-0.3, -0.25) is 20.1 Å². The molecule has 7 heteroatoms. The van der Waals surface area contributed by atoms with E-state index >= 15 is 0 Å². The lowest BCUT2D eigenvalue weighted by atomic mass is 10.2. The lowest BCUT2D eigenvalue weighted by molar-refractivity contribution is -0.384. The largest absolute Gasteiger partial charge is 0.457 e. The van der Waals surface area contributed by atoms with Gasteiger partial charge < -0.3 is 4.74 Å². The molecular weight excluding hydrogens is 264 g/mol. The molecule has 102 valence electrons. The third kappa shape index (κ3) is 3.09. The fourth-order valence-corrected chi connectivity index (χ4v) is 1.54. The van der Waals surface area contributed by atoms with Crippen molar-refractivity contribution in [2.45, 2.75) is 0 Å². The fraction of sp³-hybridized carbons (Fsp3) is 0. The first-order valence-electron chi connectivity index (χ1n) is 5.57. The van der Waals surface area contributed by atoms with E-state index in [1.807, 2.05) is 0 Å². The fourth-order valence-electron chi connectivity index (χ4n) is 1.54. The maximum Gasteiger partial charge on any atom is 0.274 e. The molecule has 0 radical (unpaired) electrons. The average molecular weight is 274 g/mol. The molecule has 0 aromatic heterocycles. The number of carbonyl (C=O) groups is 1. The quantitative estimate of drug-likeness (QED) is 0.506. The van der Waals surface area contributed by atoms with Crippen LogP contribution in [-0.2, 0) is 0 Å². The molecule has 0 aliphatic carbocycles. The zero-order valence-electron chi connectivity index (χ0n) is 10.1. The number of hydroxylamine groups is 1. The van der Waals surface area contributed by atoms with E-state index in [0.29, 0.717) is 11.5 Å². The zero-order chi connectivity index (χ0) is 14.5. The van der Waals surface area contributed by atoms with E-state index in [1.54, 1.807) is 12.1 Å². The molecule has 2 N–H and O–H groups in total. The lowest BCUT2D eigenvalue weighted by Crippen LogP contribution is -2.18. The number of non-ortho nitro benzene ring substituents is 1. The Morgan fingerprint density at radius 1 is 1.15 bits per heavy atom.